The topological polar surface area (TPSA) is 179 Å². The van der Waals surface area contributed by atoms with Gasteiger partial charge in [-0.25, -0.2) is 0 Å². The molecule has 0 saturated carbocycles. The van der Waals surface area contributed by atoms with Gasteiger partial charge in [-0.1, -0.05) is 17.7 Å². The minimum atomic E-state index is -1.30. The lowest BCUT2D eigenvalue weighted by Crippen LogP contribution is -2.57. The Morgan fingerprint density at radius 1 is 1.04 bits per heavy atom. The maximum Gasteiger partial charge on any atom is 0.245 e. The molecule has 5 N–H and O–H groups in total. The number of methoxy groups -OCH3 is 1. The summed E-state index contributed by atoms with van der Waals surface area (Å²) in [5.41, 5.74) is 0.865. The highest BCUT2D eigenvalue weighted by Gasteiger charge is 2.47. The second kappa shape index (κ2) is 16.2. The van der Waals surface area contributed by atoms with Crippen LogP contribution in [0.5, 0.6) is 11.5 Å². The number of aliphatic hydroxyl groups is 1. The van der Waals surface area contributed by atoms with E-state index in [-0.39, 0.29) is 36.7 Å². The molecule has 3 amide bonds. The van der Waals surface area contributed by atoms with Crippen molar-refractivity contribution in [1.29, 1.82) is 0 Å². The molecule has 13 nitrogen and oxygen atoms in total. The molecule has 0 bridgehead atoms. The molecule has 4 rings (SSSR count). The first-order valence-electron chi connectivity index (χ1n) is 15.6. The number of nitrogens with one attached hydrogen (secondary N) is 3. The Hall–Kier alpha value is -3.52. The number of allylic oxidation sites excluding steroid dienone is 1. The van der Waals surface area contributed by atoms with Gasteiger partial charge in [0.25, 0.3) is 0 Å². The van der Waals surface area contributed by atoms with E-state index >= 15 is 0 Å². The normalized spacial score (nSPS) is 21.9. The highest BCUT2D eigenvalue weighted by Crippen LogP contribution is 2.31. The van der Waals surface area contributed by atoms with Gasteiger partial charge < -0.3 is 40.4 Å². The van der Waals surface area contributed by atoms with Crippen molar-refractivity contribution in [1.82, 2.24) is 20.9 Å². The number of ether oxygens (including phenoxy) is 3. The van der Waals surface area contributed by atoms with Crippen LogP contribution in [0, 0.1) is 0 Å². The van der Waals surface area contributed by atoms with E-state index in [9.17, 15) is 29.4 Å². The number of carbonyl (C=O) groups excluding carboxylic acids is 4. The number of hydrogen-bond donors (Lipinski definition) is 5. The number of aromatic hydroxyl groups is 1. The van der Waals surface area contributed by atoms with Crippen molar-refractivity contribution >= 4 is 23.5 Å². The van der Waals surface area contributed by atoms with Crippen LogP contribution in [-0.4, -0.2) is 116 Å². The zero-order valence-electron chi connectivity index (χ0n) is 26.1. The van der Waals surface area contributed by atoms with Crippen molar-refractivity contribution in [3.63, 3.8) is 0 Å². The smallest absolute Gasteiger partial charge is 0.245 e. The van der Waals surface area contributed by atoms with E-state index in [2.05, 4.69) is 22.0 Å². The number of rotatable bonds is 16. The van der Waals surface area contributed by atoms with Crippen LogP contribution in [0.25, 0.3) is 0 Å². The van der Waals surface area contributed by atoms with E-state index in [1.807, 2.05) is 4.90 Å². The van der Waals surface area contributed by atoms with Crippen molar-refractivity contribution in [2.45, 2.75) is 75.6 Å². The van der Waals surface area contributed by atoms with E-state index < -0.39 is 48.1 Å². The quantitative estimate of drug-likeness (QED) is 0.127. The number of epoxide rings is 1. The van der Waals surface area contributed by atoms with Gasteiger partial charge in [-0.2, -0.15) is 0 Å². The zero-order chi connectivity index (χ0) is 32.4. The van der Waals surface area contributed by atoms with Crippen molar-refractivity contribution in [3.05, 3.63) is 35.4 Å². The van der Waals surface area contributed by atoms with Crippen LogP contribution in [0.2, 0.25) is 0 Å². The molecule has 2 aliphatic heterocycles. The minimum absolute atomic E-state index is 0.0147. The lowest BCUT2D eigenvalue weighted by molar-refractivity contribution is -0.133. The summed E-state index contributed by atoms with van der Waals surface area (Å²) in [6.07, 6.45) is 6.69. The molecule has 1 aliphatic carbocycles. The van der Waals surface area contributed by atoms with Gasteiger partial charge in [0.2, 0.25) is 17.7 Å². The number of aliphatic hydroxyl groups excluding tert-OH is 1. The largest absolute Gasteiger partial charge is 0.504 e. The molecular formula is C32H46N4O9. The van der Waals surface area contributed by atoms with Gasteiger partial charge in [-0.3, -0.25) is 24.1 Å². The molecule has 3 aliphatic rings. The third-order valence-corrected chi connectivity index (χ3v) is 8.46. The fraction of sp³-hybridized carbons (Fsp3) is 0.625. The van der Waals surface area contributed by atoms with Gasteiger partial charge in [0.05, 0.1) is 40.1 Å². The van der Waals surface area contributed by atoms with Crippen molar-refractivity contribution in [2.24, 2.45) is 0 Å². The number of phenols is 1. The van der Waals surface area contributed by atoms with Crippen LogP contribution in [0.3, 0.4) is 0 Å². The number of hydrogen-bond acceptors (Lipinski definition) is 10. The van der Waals surface area contributed by atoms with Gasteiger partial charge in [-0.05, 0) is 56.7 Å². The average Bonchev–Trinajstić information content (AvgIpc) is 3.79. The monoisotopic (exact) mass is 630 g/mol. The first-order valence-corrected chi connectivity index (χ1v) is 15.6. The van der Waals surface area contributed by atoms with E-state index in [4.69, 9.17) is 14.2 Å². The van der Waals surface area contributed by atoms with Crippen LogP contribution in [0.1, 0.15) is 51.0 Å². The third-order valence-electron chi connectivity index (χ3n) is 8.46. The maximum atomic E-state index is 13.8. The van der Waals surface area contributed by atoms with Gasteiger partial charge >= 0.3 is 0 Å². The number of Topliss-reactive ketones (excluding diaryl/α,β-unsaturated/α-hetero) is 1. The number of amides is 3. The van der Waals surface area contributed by atoms with Crippen LogP contribution in [0.15, 0.2) is 29.8 Å². The molecule has 248 valence electrons. The molecule has 45 heavy (non-hydrogen) atoms. The van der Waals surface area contributed by atoms with Crippen LogP contribution in [0.4, 0.5) is 0 Å². The van der Waals surface area contributed by atoms with E-state index in [0.29, 0.717) is 44.9 Å². The van der Waals surface area contributed by atoms with Crippen molar-refractivity contribution in [3.8, 4) is 11.5 Å². The highest BCUT2D eigenvalue weighted by molar-refractivity contribution is 5.93. The van der Waals surface area contributed by atoms with Crippen molar-refractivity contribution in [2.75, 3.05) is 53.2 Å². The Labute approximate surface area is 263 Å². The fourth-order valence-electron chi connectivity index (χ4n) is 5.57. The predicted octanol–water partition coefficient (Wildman–Crippen LogP) is 0.361. The lowest BCUT2D eigenvalue weighted by atomic mass is 9.90. The van der Waals surface area contributed by atoms with E-state index in [1.165, 1.54) is 18.7 Å². The molecule has 2 heterocycles. The summed E-state index contributed by atoms with van der Waals surface area (Å²) in [4.78, 5) is 54.7. The molecule has 1 aromatic rings. The van der Waals surface area contributed by atoms with Crippen LogP contribution in [-0.2, 0) is 35.1 Å². The first-order chi connectivity index (χ1) is 21.6. The summed E-state index contributed by atoms with van der Waals surface area (Å²) in [7, 11) is 1.42. The maximum absolute atomic E-state index is 13.8. The van der Waals surface area contributed by atoms with E-state index in [1.54, 1.807) is 19.1 Å². The number of phenolic OH excluding ortho intramolecular Hbond substituents is 1. The number of morpholine rings is 1. The second-order valence-corrected chi connectivity index (χ2v) is 12.1. The van der Waals surface area contributed by atoms with Gasteiger partial charge in [0.1, 0.15) is 17.7 Å². The fourth-order valence-corrected chi connectivity index (χ4v) is 5.57. The number of nitrogens with zero attached hydrogens (tertiary/aromatic N) is 1. The zero-order valence-corrected chi connectivity index (χ0v) is 26.1. The first kappa shape index (κ1) is 34.4. The van der Waals surface area contributed by atoms with Crippen LogP contribution < -0.4 is 20.7 Å². The lowest BCUT2D eigenvalue weighted by Gasteiger charge is -2.28. The van der Waals surface area contributed by atoms with Gasteiger partial charge in [-0.15, -0.1) is 0 Å². The molecule has 4 atom stereocenters. The van der Waals surface area contributed by atoms with Crippen molar-refractivity contribution < 1.29 is 43.6 Å². The second-order valence-electron chi connectivity index (χ2n) is 12.1. The summed E-state index contributed by atoms with van der Waals surface area (Å²) < 4.78 is 15.8. The summed E-state index contributed by atoms with van der Waals surface area (Å²) in [6, 6.07) is 1.68. The number of benzene rings is 1. The summed E-state index contributed by atoms with van der Waals surface area (Å²) in [6.45, 7) is 3.59. The summed E-state index contributed by atoms with van der Waals surface area (Å²) >= 11 is 0. The Morgan fingerprint density at radius 2 is 1.78 bits per heavy atom. The molecular weight excluding hydrogens is 584 g/mol. The number of ketones is 1. The van der Waals surface area contributed by atoms with Crippen LogP contribution >= 0.6 is 0 Å². The molecule has 4 unspecified atom stereocenters. The molecule has 13 heteroatoms. The molecule has 1 aromatic carbocycles. The SMILES string of the molecule is COc1ccc(CC(NC(=O)C(CO)NC(=O)CN2CCOCC2)C(=O)NC(CC(=O)C2(C)CO2)CC2=CCCCC2)cc1O. The average molecular weight is 631 g/mol. The minimum Gasteiger partial charge on any atom is -0.504 e. The number of carbonyl (C=O) groups is 4. The molecule has 0 aromatic heterocycles. The standard InChI is InChI=1S/C32H46N4O9/c1-32(20-45-32)28(39)17-23(14-21-6-4-3-5-7-21)33-30(41)24(15-22-8-9-27(43-2)26(38)16-22)35-31(42)25(19-37)34-29(40)18-36-10-12-44-13-11-36/h6,8-9,16,23-25,37-38H,3-5,7,10-15,17-20H2,1-2H3,(H,33,41)(H,34,40)(H,35,42). The Bertz CT molecular complexity index is 1240. The molecule has 2 saturated heterocycles. The highest BCUT2D eigenvalue weighted by atomic mass is 16.6. The Morgan fingerprint density at radius 3 is 2.40 bits per heavy atom. The Kier molecular flexibility index (Phi) is 12.3. The van der Waals surface area contributed by atoms with E-state index in [0.717, 1.165) is 25.7 Å². The molecule has 2 fully saturated rings. The Balaban J connectivity index is 1.49. The van der Waals surface area contributed by atoms with Gasteiger partial charge in [0, 0.05) is 32.0 Å². The predicted molar refractivity (Wildman–Crippen MR) is 164 cm³/mol. The summed E-state index contributed by atoms with van der Waals surface area (Å²) in [5, 5.41) is 28.5. The summed E-state index contributed by atoms with van der Waals surface area (Å²) in [5.74, 6) is -1.70. The van der Waals surface area contributed by atoms with Gasteiger partial charge in [0.15, 0.2) is 17.3 Å². The molecule has 0 radical (unpaired) electrons. The third kappa shape index (κ3) is 10.2. The molecule has 0 spiro atoms.